The molecule has 1 fully saturated rings. The van der Waals surface area contributed by atoms with Gasteiger partial charge in [0.05, 0.1) is 0 Å². The van der Waals surface area contributed by atoms with Crippen molar-refractivity contribution in [2.75, 3.05) is 41.7 Å². The second-order valence-electron chi connectivity index (χ2n) is 13.8. The first-order valence-electron chi connectivity index (χ1n) is 16.8. The highest BCUT2D eigenvalue weighted by molar-refractivity contribution is 5.82. The van der Waals surface area contributed by atoms with Crippen LogP contribution in [0, 0.1) is 5.92 Å². The highest BCUT2D eigenvalue weighted by Gasteiger charge is 2.30. The monoisotopic (exact) mass is 643 g/mol. The van der Waals surface area contributed by atoms with E-state index in [1.807, 2.05) is 30.3 Å². The first-order chi connectivity index (χ1) is 22.6. The van der Waals surface area contributed by atoms with Crippen LogP contribution in [0.5, 0.6) is 0 Å². The van der Waals surface area contributed by atoms with Crippen LogP contribution in [0.4, 0.5) is 22.2 Å². The molecule has 2 aliphatic heterocycles. The van der Waals surface area contributed by atoms with Gasteiger partial charge in [0.1, 0.15) is 42.0 Å². The van der Waals surface area contributed by atoms with E-state index in [9.17, 15) is 9.59 Å². The Kier molecular flexibility index (Phi) is 11.2. The zero-order valence-corrected chi connectivity index (χ0v) is 28.3. The van der Waals surface area contributed by atoms with Gasteiger partial charge in [-0.05, 0) is 76.0 Å². The van der Waals surface area contributed by atoms with Crippen molar-refractivity contribution in [2.24, 2.45) is 5.92 Å². The Bertz CT molecular complexity index is 1500. The van der Waals surface area contributed by atoms with Crippen molar-refractivity contribution in [3.05, 3.63) is 71.2 Å². The van der Waals surface area contributed by atoms with Crippen molar-refractivity contribution in [2.45, 2.75) is 90.9 Å². The van der Waals surface area contributed by atoms with Crippen LogP contribution >= 0.6 is 0 Å². The van der Waals surface area contributed by atoms with Gasteiger partial charge < -0.3 is 30.3 Å². The molecule has 1 amide bonds. The van der Waals surface area contributed by atoms with E-state index < -0.39 is 23.7 Å². The van der Waals surface area contributed by atoms with Crippen LogP contribution in [0.3, 0.4) is 0 Å². The van der Waals surface area contributed by atoms with E-state index >= 15 is 0 Å². The van der Waals surface area contributed by atoms with Crippen LogP contribution in [-0.2, 0) is 33.7 Å². The van der Waals surface area contributed by atoms with E-state index in [1.165, 1.54) is 5.56 Å². The molecule has 252 valence electrons. The number of hydrogen-bond acceptors (Lipinski definition) is 10. The number of hydrogen-bond donors (Lipinski definition) is 3. The van der Waals surface area contributed by atoms with Crippen molar-refractivity contribution in [3.63, 3.8) is 0 Å². The smallest absolute Gasteiger partial charge is 0.408 e. The molecule has 0 spiro atoms. The lowest BCUT2D eigenvalue weighted by Gasteiger charge is -2.34. The summed E-state index contributed by atoms with van der Waals surface area (Å²) in [5.41, 5.74) is 3.58. The normalized spacial score (nSPS) is 15.7. The molecule has 5 rings (SSSR count). The number of rotatable bonds is 11. The van der Waals surface area contributed by atoms with E-state index in [-0.39, 0.29) is 13.2 Å². The summed E-state index contributed by atoms with van der Waals surface area (Å²) in [7, 11) is 0. The zero-order chi connectivity index (χ0) is 33.4. The van der Waals surface area contributed by atoms with Gasteiger partial charge in [0, 0.05) is 43.4 Å². The minimum atomic E-state index is -1.00. The van der Waals surface area contributed by atoms with Crippen LogP contribution in [0.2, 0.25) is 0 Å². The Hall–Kier alpha value is -4.41. The van der Waals surface area contributed by atoms with Crippen molar-refractivity contribution >= 4 is 29.5 Å². The number of aromatic nitrogens is 3. The average molecular weight is 644 g/mol. The number of amides is 1. The van der Waals surface area contributed by atoms with E-state index in [0.717, 1.165) is 80.2 Å². The average Bonchev–Trinajstić information content (AvgIpc) is 3.05. The van der Waals surface area contributed by atoms with Gasteiger partial charge in [-0.3, -0.25) is 0 Å². The highest BCUT2D eigenvalue weighted by Crippen LogP contribution is 2.34. The van der Waals surface area contributed by atoms with Gasteiger partial charge in [0.15, 0.2) is 0 Å². The summed E-state index contributed by atoms with van der Waals surface area (Å²) in [6.07, 6.45) is 5.81. The number of anilines is 3. The van der Waals surface area contributed by atoms with Crippen LogP contribution < -0.4 is 20.9 Å². The number of piperidine rings is 1. The first kappa shape index (κ1) is 33.9. The second kappa shape index (κ2) is 15.5. The van der Waals surface area contributed by atoms with E-state index in [4.69, 9.17) is 19.4 Å². The number of esters is 1. The number of aryl methyl sites for hydroxylation is 1. The molecule has 0 saturated carbocycles. The lowest BCUT2D eigenvalue weighted by Crippen LogP contribution is -2.48. The number of benzene rings is 1. The molecule has 2 aliphatic rings. The lowest BCUT2D eigenvalue weighted by molar-refractivity contribution is -0.156. The van der Waals surface area contributed by atoms with Crippen molar-refractivity contribution < 1.29 is 19.1 Å². The Morgan fingerprint density at radius 1 is 1.06 bits per heavy atom. The number of carbonyl (C=O) groups is 2. The number of fused-ring (bicyclic) bond motifs is 1. The van der Waals surface area contributed by atoms with Crippen molar-refractivity contribution in [1.82, 2.24) is 20.3 Å². The number of ether oxygens (including phenoxy) is 2. The Morgan fingerprint density at radius 2 is 1.83 bits per heavy atom. The second-order valence-corrected chi connectivity index (χ2v) is 13.8. The van der Waals surface area contributed by atoms with Crippen LogP contribution in [0.1, 0.15) is 82.2 Å². The van der Waals surface area contributed by atoms with Gasteiger partial charge in [-0.15, -0.1) is 0 Å². The molecule has 11 nitrogen and oxygen atoms in total. The summed E-state index contributed by atoms with van der Waals surface area (Å²) in [5.74, 6) is 2.77. The van der Waals surface area contributed by atoms with Crippen LogP contribution in [0.25, 0.3) is 0 Å². The molecule has 0 aliphatic carbocycles. The van der Waals surface area contributed by atoms with E-state index in [0.29, 0.717) is 17.7 Å². The number of carbonyl (C=O) groups excluding carboxylic acids is 2. The van der Waals surface area contributed by atoms with Gasteiger partial charge in [0.25, 0.3) is 0 Å². The maximum absolute atomic E-state index is 13.2. The Labute approximate surface area is 278 Å². The third-order valence-corrected chi connectivity index (χ3v) is 8.33. The maximum atomic E-state index is 13.2. The van der Waals surface area contributed by atoms with Gasteiger partial charge >= 0.3 is 12.1 Å². The molecule has 0 radical (unpaired) electrons. The predicted octanol–water partition coefficient (Wildman–Crippen LogP) is 5.86. The first-order valence-corrected chi connectivity index (χ1v) is 16.8. The topological polar surface area (TPSA) is 131 Å². The van der Waals surface area contributed by atoms with Crippen LogP contribution in [-0.4, -0.2) is 64.8 Å². The summed E-state index contributed by atoms with van der Waals surface area (Å²) in [4.78, 5) is 42.6. The molecule has 0 bridgehead atoms. The third kappa shape index (κ3) is 9.56. The third-order valence-electron chi connectivity index (χ3n) is 8.33. The van der Waals surface area contributed by atoms with E-state index in [1.54, 1.807) is 27.1 Å². The number of nitrogens with one attached hydrogen (secondary N) is 3. The molecule has 2 aromatic heterocycles. The van der Waals surface area contributed by atoms with E-state index in [2.05, 4.69) is 51.8 Å². The number of nitrogens with zero attached hydrogens (tertiary/aromatic N) is 4. The van der Waals surface area contributed by atoms with Gasteiger partial charge in [0.2, 0.25) is 0 Å². The molecular weight excluding hydrogens is 594 g/mol. The molecule has 3 N–H and O–H groups in total. The molecule has 47 heavy (non-hydrogen) atoms. The summed E-state index contributed by atoms with van der Waals surface area (Å²) in [5, 5.41) is 9.50. The molecule has 1 atom stereocenters. The minimum Gasteiger partial charge on any atom is -0.458 e. The summed E-state index contributed by atoms with van der Waals surface area (Å²) >= 11 is 0. The predicted molar refractivity (Wildman–Crippen MR) is 184 cm³/mol. The molecule has 1 saturated heterocycles. The molecule has 0 unspecified atom stereocenters. The van der Waals surface area contributed by atoms with Crippen LogP contribution in [0.15, 0.2) is 48.8 Å². The molecule has 4 heterocycles. The fourth-order valence-electron chi connectivity index (χ4n) is 6.05. The lowest BCUT2D eigenvalue weighted by atomic mass is 9.91. The molecule has 11 heteroatoms. The fraction of sp³-hybridized carbons (Fsp3) is 0.528. The maximum Gasteiger partial charge on any atom is 0.408 e. The SMILES string of the molecule is CC(C)Cc1c(NC[C@H](NC(=O)OCc2ccccc2)C(=O)OC(C)(C)C)ncnc1N1CCC(c2ccc3c(n2)NCCC3)CC1. The van der Waals surface area contributed by atoms with Gasteiger partial charge in [-0.2, -0.15) is 0 Å². The largest absolute Gasteiger partial charge is 0.458 e. The van der Waals surface area contributed by atoms with Gasteiger partial charge in [-0.25, -0.2) is 24.5 Å². The van der Waals surface area contributed by atoms with Crippen molar-refractivity contribution in [3.8, 4) is 0 Å². The molecular formula is C36H49N7O4. The Balaban J connectivity index is 1.27. The quantitative estimate of drug-likeness (QED) is 0.218. The summed E-state index contributed by atoms with van der Waals surface area (Å²) < 4.78 is 11.1. The van der Waals surface area contributed by atoms with Crippen molar-refractivity contribution in [1.29, 1.82) is 0 Å². The summed E-state index contributed by atoms with van der Waals surface area (Å²) in [6.45, 7) is 12.6. The zero-order valence-electron chi connectivity index (χ0n) is 28.3. The van der Waals surface area contributed by atoms with Gasteiger partial charge in [-0.1, -0.05) is 50.2 Å². The standard InChI is InChI=1S/C36H49N7O4/c1-24(2)20-28-32(38-21-30(34(44)47-36(3,4)5)42-35(45)46-22-25-10-7-6-8-11-25)39-23-40-33(28)43-18-15-26(16-19-43)29-14-13-27-12-9-17-37-31(27)41-29/h6-8,10-11,13-14,23-24,26,30H,9,12,15-22H2,1-5H3,(H,37,41)(H,42,45)(H,38,39,40)/t30-/m0/s1. The highest BCUT2D eigenvalue weighted by atomic mass is 16.6. The summed E-state index contributed by atoms with van der Waals surface area (Å²) in [6, 6.07) is 12.8. The number of alkyl carbamates (subject to hydrolysis) is 1. The number of pyridine rings is 1. The minimum absolute atomic E-state index is 0.0665. The molecule has 3 aromatic rings. The fourth-order valence-corrected chi connectivity index (χ4v) is 6.05. The molecule has 1 aromatic carbocycles. The Morgan fingerprint density at radius 3 is 2.55 bits per heavy atom.